The molecule has 2 rings (SSSR count). The Morgan fingerprint density at radius 1 is 0.947 bits per heavy atom. The van der Waals surface area contributed by atoms with Crippen molar-refractivity contribution in [2.24, 2.45) is 0 Å². The zero-order valence-electron chi connectivity index (χ0n) is 10.0. The molecule has 0 N–H and O–H groups in total. The summed E-state index contributed by atoms with van der Waals surface area (Å²) >= 11 is 3.19. The minimum atomic E-state index is -3.85. The first-order valence-corrected chi connectivity index (χ1v) is 7.56. The summed E-state index contributed by atoms with van der Waals surface area (Å²) in [6.45, 7) is 0. The lowest BCUT2D eigenvalue weighted by molar-refractivity contribution is 0.413. The van der Waals surface area contributed by atoms with Gasteiger partial charge in [0.25, 0.3) is 0 Å². The van der Waals surface area contributed by atoms with Gasteiger partial charge >= 0.3 is 10.1 Å². The Bertz CT molecular complexity index is 665. The maximum absolute atomic E-state index is 12.1. The van der Waals surface area contributed by atoms with Crippen molar-refractivity contribution in [1.82, 2.24) is 0 Å². The fourth-order valence-corrected chi connectivity index (χ4v) is 3.34. The topological polar surface area (TPSA) is 52.6 Å². The summed E-state index contributed by atoms with van der Waals surface area (Å²) < 4.78 is 34.7. The van der Waals surface area contributed by atoms with Crippen molar-refractivity contribution in [3.63, 3.8) is 0 Å². The molecular formula is C13H11BrO4S. The lowest BCUT2D eigenvalue weighted by Crippen LogP contribution is -2.10. The van der Waals surface area contributed by atoms with Crippen molar-refractivity contribution < 1.29 is 17.3 Å². The Labute approximate surface area is 120 Å². The van der Waals surface area contributed by atoms with Crippen molar-refractivity contribution >= 4 is 26.0 Å². The third-order valence-electron chi connectivity index (χ3n) is 2.37. The quantitative estimate of drug-likeness (QED) is 0.800. The smallest absolute Gasteiger partial charge is 0.340 e. The monoisotopic (exact) mass is 342 g/mol. The summed E-state index contributed by atoms with van der Waals surface area (Å²) in [5.41, 5.74) is 0. The molecule has 100 valence electrons. The van der Waals surface area contributed by atoms with Crippen molar-refractivity contribution in [3.05, 3.63) is 53.0 Å². The molecule has 0 bridgehead atoms. The van der Waals surface area contributed by atoms with Gasteiger partial charge in [-0.2, -0.15) is 8.42 Å². The zero-order chi connectivity index (χ0) is 13.9. The van der Waals surface area contributed by atoms with E-state index in [1.807, 2.05) is 0 Å². The van der Waals surface area contributed by atoms with E-state index >= 15 is 0 Å². The third kappa shape index (κ3) is 3.27. The predicted molar refractivity (Wildman–Crippen MR) is 74.9 cm³/mol. The molecule has 0 aliphatic carbocycles. The Kier molecular flexibility index (Phi) is 4.11. The molecule has 0 amide bonds. The molecule has 0 heterocycles. The lowest BCUT2D eigenvalue weighted by atomic mass is 10.3. The first-order valence-electron chi connectivity index (χ1n) is 5.36. The van der Waals surface area contributed by atoms with Crippen LogP contribution in [0.2, 0.25) is 0 Å². The Morgan fingerprint density at radius 2 is 1.53 bits per heavy atom. The van der Waals surface area contributed by atoms with Crippen LogP contribution in [0.4, 0.5) is 0 Å². The summed E-state index contributed by atoms with van der Waals surface area (Å²) in [5.74, 6) is 0.863. The van der Waals surface area contributed by atoms with E-state index in [-0.39, 0.29) is 10.6 Å². The van der Waals surface area contributed by atoms with Crippen molar-refractivity contribution in [2.45, 2.75) is 4.90 Å². The second kappa shape index (κ2) is 5.63. The molecule has 0 unspecified atom stereocenters. The van der Waals surface area contributed by atoms with E-state index in [2.05, 4.69) is 15.9 Å². The van der Waals surface area contributed by atoms with Gasteiger partial charge < -0.3 is 8.92 Å². The van der Waals surface area contributed by atoms with Gasteiger partial charge in [0.1, 0.15) is 16.4 Å². The summed E-state index contributed by atoms with van der Waals surface area (Å²) in [6, 6.07) is 12.8. The lowest BCUT2D eigenvalue weighted by Gasteiger charge is -2.08. The second-order valence-corrected chi connectivity index (χ2v) is 6.01. The number of methoxy groups -OCH3 is 1. The molecule has 0 aliphatic rings. The normalized spacial score (nSPS) is 11.1. The number of ether oxygens (including phenoxy) is 1. The van der Waals surface area contributed by atoms with Gasteiger partial charge in [-0.1, -0.05) is 12.1 Å². The first-order chi connectivity index (χ1) is 9.03. The van der Waals surface area contributed by atoms with Gasteiger partial charge in [-0.15, -0.1) is 0 Å². The maximum atomic E-state index is 12.1. The molecule has 0 spiro atoms. The molecule has 2 aromatic rings. The van der Waals surface area contributed by atoms with Gasteiger partial charge in [-0.25, -0.2) is 0 Å². The van der Waals surface area contributed by atoms with Crippen LogP contribution >= 0.6 is 15.9 Å². The minimum absolute atomic E-state index is 0.0887. The minimum Gasteiger partial charge on any atom is -0.497 e. The summed E-state index contributed by atoms with van der Waals surface area (Å²) in [4.78, 5) is 0.0887. The molecule has 0 saturated heterocycles. The zero-order valence-corrected chi connectivity index (χ0v) is 12.4. The van der Waals surface area contributed by atoms with Crippen LogP contribution in [0.15, 0.2) is 57.9 Å². The van der Waals surface area contributed by atoms with Crippen LogP contribution in [0.3, 0.4) is 0 Å². The SMILES string of the molecule is COc1ccc(OS(=O)(=O)c2ccccc2Br)cc1. The molecule has 19 heavy (non-hydrogen) atoms. The standard InChI is InChI=1S/C13H11BrO4S/c1-17-10-6-8-11(9-7-10)18-19(15,16)13-5-3-2-4-12(13)14/h2-9H,1H3. The van der Waals surface area contributed by atoms with Gasteiger partial charge in [-0.05, 0) is 52.3 Å². The van der Waals surface area contributed by atoms with E-state index in [1.165, 1.54) is 25.3 Å². The van der Waals surface area contributed by atoms with E-state index in [0.717, 1.165) is 0 Å². The molecule has 0 fully saturated rings. The molecule has 0 atom stereocenters. The average Bonchev–Trinajstić information content (AvgIpc) is 2.39. The van der Waals surface area contributed by atoms with Gasteiger partial charge in [-0.3, -0.25) is 0 Å². The Hall–Kier alpha value is -1.53. The Morgan fingerprint density at radius 3 is 2.11 bits per heavy atom. The summed E-state index contributed by atoms with van der Waals surface area (Å²) in [6.07, 6.45) is 0. The van der Waals surface area contributed by atoms with Crippen LogP contribution in [0.25, 0.3) is 0 Å². The largest absolute Gasteiger partial charge is 0.497 e. The maximum Gasteiger partial charge on any atom is 0.340 e. The van der Waals surface area contributed by atoms with Crippen LogP contribution < -0.4 is 8.92 Å². The van der Waals surface area contributed by atoms with Crippen LogP contribution in [-0.2, 0) is 10.1 Å². The highest BCUT2D eigenvalue weighted by Gasteiger charge is 2.19. The average molecular weight is 343 g/mol. The number of hydrogen-bond acceptors (Lipinski definition) is 4. The molecule has 6 heteroatoms. The molecule has 2 aromatic carbocycles. The fourth-order valence-electron chi connectivity index (χ4n) is 1.45. The number of rotatable bonds is 4. The van der Waals surface area contributed by atoms with Crippen molar-refractivity contribution in [3.8, 4) is 11.5 Å². The highest BCUT2D eigenvalue weighted by atomic mass is 79.9. The van der Waals surface area contributed by atoms with Gasteiger partial charge in [0, 0.05) is 4.47 Å². The van der Waals surface area contributed by atoms with E-state index in [1.54, 1.807) is 30.3 Å². The van der Waals surface area contributed by atoms with Gasteiger partial charge in [0.15, 0.2) is 0 Å². The molecule has 0 aliphatic heterocycles. The van der Waals surface area contributed by atoms with Crippen molar-refractivity contribution in [2.75, 3.05) is 7.11 Å². The summed E-state index contributed by atoms with van der Waals surface area (Å²) in [7, 11) is -2.32. The third-order valence-corrected chi connectivity index (χ3v) is 4.63. The highest BCUT2D eigenvalue weighted by molar-refractivity contribution is 9.10. The number of halogens is 1. The van der Waals surface area contributed by atoms with Crippen LogP contribution in [-0.4, -0.2) is 15.5 Å². The van der Waals surface area contributed by atoms with Crippen LogP contribution in [0, 0.1) is 0 Å². The predicted octanol–water partition coefficient (Wildman–Crippen LogP) is 3.23. The molecule has 0 radical (unpaired) electrons. The van der Waals surface area contributed by atoms with Gasteiger partial charge in [0.05, 0.1) is 7.11 Å². The second-order valence-electron chi connectivity index (χ2n) is 3.64. The van der Waals surface area contributed by atoms with Crippen LogP contribution in [0.1, 0.15) is 0 Å². The molecule has 0 saturated carbocycles. The van der Waals surface area contributed by atoms with E-state index in [0.29, 0.717) is 10.2 Å². The molecule has 4 nitrogen and oxygen atoms in total. The van der Waals surface area contributed by atoms with Crippen molar-refractivity contribution in [1.29, 1.82) is 0 Å². The van der Waals surface area contributed by atoms with Gasteiger partial charge in [0.2, 0.25) is 0 Å². The van der Waals surface area contributed by atoms with E-state index < -0.39 is 10.1 Å². The highest BCUT2D eigenvalue weighted by Crippen LogP contribution is 2.26. The number of benzene rings is 2. The van der Waals surface area contributed by atoms with Crippen LogP contribution in [0.5, 0.6) is 11.5 Å². The Balaban J connectivity index is 2.28. The fraction of sp³-hybridized carbons (Fsp3) is 0.0769. The number of hydrogen-bond donors (Lipinski definition) is 0. The molecule has 0 aromatic heterocycles. The first kappa shape index (κ1) is 13.9. The van der Waals surface area contributed by atoms with E-state index in [4.69, 9.17) is 8.92 Å². The van der Waals surface area contributed by atoms with E-state index in [9.17, 15) is 8.42 Å². The summed E-state index contributed by atoms with van der Waals surface area (Å²) in [5, 5.41) is 0. The molecular weight excluding hydrogens is 332 g/mol.